The van der Waals surface area contributed by atoms with Gasteiger partial charge in [-0.15, -0.1) is 0 Å². The largest absolute Gasteiger partial charge is 0.379 e. The number of hydrogen-bond donors (Lipinski definition) is 0. The first kappa shape index (κ1) is 26.5. The van der Waals surface area contributed by atoms with Crippen molar-refractivity contribution >= 4 is 6.29 Å². The number of methoxy groups -OCH3 is 1. The van der Waals surface area contributed by atoms with Crippen molar-refractivity contribution in [2.45, 2.75) is 97.2 Å². The van der Waals surface area contributed by atoms with Gasteiger partial charge in [-0.3, -0.25) is 0 Å². The van der Waals surface area contributed by atoms with Crippen LogP contribution in [-0.2, 0) is 28.5 Å². The van der Waals surface area contributed by atoms with Crippen LogP contribution in [0.1, 0.15) is 72.6 Å². The van der Waals surface area contributed by atoms with Gasteiger partial charge in [-0.05, 0) is 26.2 Å². The summed E-state index contributed by atoms with van der Waals surface area (Å²) in [5.41, 5.74) is 0. The second-order valence-corrected chi connectivity index (χ2v) is 6.80. The minimum atomic E-state index is -0.635. The molecule has 1 unspecified atom stereocenters. The Kier molecular flexibility index (Phi) is 18.4. The molecule has 0 aromatic heterocycles. The third kappa shape index (κ3) is 13.3. The number of carbonyl (C=O) groups is 1. The van der Waals surface area contributed by atoms with Crippen molar-refractivity contribution in [3.8, 4) is 0 Å². The molecule has 0 N–H and O–H groups in total. The predicted octanol–water partition coefficient (Wildman–Crippen LogP) is 4.14. The zero-order chi connectivity index (χ0) is 20.3. The lowest BCUT2D eigenvalue weighted by atomic mass is 10.2. The molecule has 0 saturated heterocycles. The minimum Gasteiger partial charge on any atom is -0.379 e. The monoisotopic (exact) mass is 390 g/mol. The molecule has 6 heteroatoms. The molecule has 162 valence electrons. The van der Waals surface area contributed by atoms with Crippen LogP contribution in [0.15, 0.2) is 0 Å². The lowest BCUT2D eigenvalue weighted by Gasteiger charge is -2.32. The smallest absolute Gasteiger partial charge is 0.184 e. The standard InChI is InChI=1S/C21H42O6/c1-6-9-14-24-17-20(18(4)25-15-10-7-2)27-21(23-5)19(12-13-22)26-16-11-8-3/h13,18-21H,6-12,14-17H2,1-5H3/t18-,19+,20?,21-/m1/s1. The van der Waals surface area contributed by atoms with Crippen LogP contribution < -0.4 is 0 Å². The Hall–Kier alpha value is -0.530. The third-order valence-electron chi connectivity index (χ3n) is 4.33. The molecule has 0 fully saturated rings. The fraction of sp³-hybridized carbons (Fsp3) is 0.952. The zero-order valence-corrected chi connectivity index (χ0v) is 18.1. The van der Waals surface area contributed by atoms with E-state index in [-0.39, 0.29) is 18.6 Å². The summed E-state index contributed by atoms with van der Waals surface area (Å²) >= 11 is 0. The summed E-state index contributed by atoms with van der Waals surface area (Å²) in [6.45, 7) is 10.7. The van der Waals surface area contributed by atoms with Gasteiger partial charge in [0.15, 0.2) is 6.29 Å². The van der Waals surface area contributed by atoms with Crippen LogP contribution in [0.4, 0.5) is 0 Å². The number of hydrogen-bond acceptors (Lipinski definition) is 6. The molecule has 0 aliphatic carbocycles. The van der Waals surface area contributed by atoms with Gasteiger partial charge >= 0.3 is 0 Å². The molecule has 0 radical (unpaired) electrons. The van der Waals surface area contributed by atoms with Gasteiger partial charge in [-0.2, -0.15) is 0 Å². The van der Waals surface area contributed by atoms with Crippen LogP contribution in [0, 0.1) is 0 Å². The molecule has 0 spiro atoms. The number of carbonyl (C=O) groups excluding carboxylic acids is 1. The first-order valence-corrected chi connectivity index (χ1v) is 10.6. The van der Waals surface area contributed by atoms with Gasteiger partial charge in [0.1, 0.15) is 18.5 Å². The number of unbranched alkanes of at least 4 members (excludes halogenated alkanes) is 3. The van der Waals surface area contributed by atoms with Crippen molar-refractivity contribution in [1.82, 2.24) is 0 Å². The average molecular weight is 391 g/mol. The lowest BCUT2D eigenvalue weighted by Crippen LogP contribution is -2.43. The predicted molar refractivity (Wildman–Crippen MR) is 107 cm³/mol. The molecule has 0 aliphatic rings. The van der Waals surface area contributed by atoms with Crippen LogP contribution in [0.5, 0.6) is 0 Å². The molecule has 0 bridgehead atoms. The summed E-state index contributed by atoms with van der Waals surface area (Å²) in [4.78, 5) is 11.1. The van der Waals surface area contributed by atoms with Crippen molar-refractivity contribution < 1.29 is 28.5 Å². The molecule has 0 aliphatic heterocycles. The molecule has 0 amide bonds. The van der Waals surface area contributed by atoms with E-state index in [0.29, 0.717) is 26.4 Å². The van der Waals surface area contributed by atoms with Gasteiger partial charge in [-0.1, -0.05) is 40.0 Å². The Morgan fingerprint density at radius 2 is 1.44 bits per heavy atom. The van der Waals surface area contributed by atoms with Gasteiger partial charge < -0.3 is 28.5 Å². The van der Waals surface area contributed by atoms with Crippen LogP contribution in [0.2, 0.25) is 0 Å². The summed E-state index contributed by atoms with van der Waals surface area (Å²) in [7, 11) is 1.57. The quantitative estimate of drug-likeness (QED) is 0.177. The highest BCUT2D eigenvalue weighted by Crippen LogP contribution is 2.16. The van der Waals surface area contributed by atoms with E-state index < -0.39 is 12.4 Å². The molecule has 0 aromatic rings. The van der Waals surface area contributed by atoms with Crippen molar-refractivity contribution in [3.05, 3.63) is 0 Å². The summed E-state index contributed by atoms with van der Waals surface area (Å²) in [6.07, 6.45) is 5.75. The van der Waals surface area contributed by atoms with Crippen molar-refractivity contribution in [2.24, 2.45) is 0 Å². The molecule has 4 atom stereocenters. The van der Waals surface area contributed by atoms with E-state index in [0.717, 1.165) is 44.8 Å². The summed E-state index contributed by atoms with van der Waals surface area (Å²) in [5.74, 6) is 0. The Morgan fingerprint density at radius 1 is 0.852 bits per heavy atom. The first-order valence-electron chi connectivity index (χ1n) is 10.6. The zero-order valence-electron chi connectivity index (χ0n) is 18.1. The highest BCUT2D eigenvalue weighted by Gasteiger charge is 2.29. The van der Waals surface area contributed by atoms with Crippen LogP contribution in [-0.4, -0.2) is 64.4 Å². The molecular formula is C21H42O6. The van der Waals surface area contributed by atoms with Gasteiger partial charge in [0.2, 0.25) is 0 Å². The molecule has 0 saturated carbocycles. The maximum atomic E-state index is 11.1. The Morgan fingerprint density at radius 3 is 2.00 bits per heavy atom. The highest BCUT2D eigenvalue weighted by atomic mass is 16.7. The Bertz CT molecular complexity index is 326. The average Bonchev–Trinajstić information content (AvgIpc) is 2.67. The molecule has 0 aromatic carbocycles. The number of rotatable bonds is 20. The number of aldehydes is 1. The molecule has 0 heterocycles. The maximum Gasteiger partial charge on any atom is 0.184 e. The van der Waals surface area contributed by atoms with E-state index >= 15 is 0 Å². The van der Waals surface area contributed by atoms with E-state index in [1.165, 1.54) is 0 Å². The SMILES string of the molecule is CCCCOCC(O[C@@H](OC)[C@H](CC=O)OCCCC)[C@@H](C)OCCCC. The van der Waals surface area contributed by atoms with E-state index in [1.54, 1.807) is 7.11 Å². The first-order chi connectivity index (χ1) is 13.1. The van der Waals surface area contributed by atoms with Gasteiger partial charge in [-0.25, -0.2) is 0 Å². The summed E-state index contributed by atoms with van der Waals surface area (Å²) in [5, 5.41) is 0. The second kappa shape index (κ2) is 18.8. The molecule has 6 nitrogen and oxygen atoms in total. The van der Waals surface area contributed by atoms with E-state index in [1.807, 2.05) is 6.92 Å². The van der Waals surface area contributed by atoms with Crippen LogP contribution in [0.25, 0.3) is 0 Å². The fourth-order valence-electron chi connectivity index (χ4n) is 2.45. The van der Waals surface area contributed by atoms with Crippen molar-refractivity contribution in [1.29, 1.82) is 0 Å². The number of ether oxygens (including phenoxy) is 5. The van der Waals surface area contributed by atoms with Gasteiger partial charge in [0.25, 0.3) is 0 Å². The molecular weight excluding hydrogens is 348 g/mol. The fourth-order valence-corrected chi connectivity index (χ4v) is 2.45. The van der Waals surface area contributed by atoms with Crippen LogP contribution >= 0.6 is 0 Å². The van der Waals surface area contributed by atoms with Crippen molar-refractivity contribution in [3.63, 3.8) is 0 Å². The van der Waals surface area contributed by atoms with Crippen LogP contribution in [0.3, 0.4) is 0 Å². The maximum absolute atomic E-state index is 11.1. The van der Waals surface area contributed by atoms with E-state index in [2.05, 4.69) is 20.8 Å². The lowest BCUT2D eigenvalue weighted by molar-refractivity contribution is -0.240. The molecule has 27 heavy (non-hydrogen) atoms. The third-order valence-corrected chi connectivity index (χ3v) is 4.33. The summed E-state index contributed by atoms with van der Waals surface area (Å²) in [6, 6.07) is 0. The normalized spacial score (nSPS) is 16.0. The van der Waals surface area contributed by atoms with Crippen molar-refractivity contribution in [2.75, 3.05) is 33.5 Å². The van der Waals surface area contributed by atoms with Gasteiger partial charge in [0.05, 0.1) is 12.7 Å². The second-order valence-electron chi connectivity index (χ2n) is 6.80. The molecule has 0 rings (SSSR count). The minimum absolute atomic E-state index is 0.136. The van der Waals surface area contributed by atoms with E-state index in [4.69, 9.17) is 23.7 Å². The summed E-state index contributed by atoms with van der Waals surface area (Å²) < 4.78 is 29.2. The van der Waals surface area contributed by atoms with E-state index in [9.17, 15) is 4.79 Å². The Balaban J connectivity index is 4.85. The topological polar surface area (TPSA) is 63.2 Å². The van der Waals surface area contributed by atoms with Gasteiger partial charge in [0, 0.05) is 33.4 Å². The Labute approximate surface area is 166 Å². The highest BCUT2D eigenvalue weighted by molar-refractivity contribution is 5.50.